The molecule has 0 aliphatic carbocycles. The van der Waals surface area contributed by atoms with E-state index in [1.54, 1.807) is 13.0 Å². The number of imide groups is 1. The summed E-state index contributed by atoms with van der Waals surface area (Å²) < 4.78 is 0. The van der Waals surface area contributed by atoms with Crippen LogP contribution in [-0.2, 0) is 20.9 Å². The van der Waals surface area contributed by atoms with Crippen LogP contribution in [0.25, 0.3) is 0 Å². The molecule has 0 aromatic heterocycles. The molecule has 116 valence electrons. The highest BCUT2D eigenvalue weighted by atomic mass is 16.2. The monoisotopic (exact) mass is 300 g/mol. The van der Waals surface area contributed by atoms with Crippen molar-refractivity contribution in [2.75, 3.05) is 6.54 Å². The second kappa shape index (κ2) is 7.02. The molecule has 1 atom stereocenters. The van der Waals surface area contributed by atoms with Gasteiger partial charge in [-0.3, -0.25) is 19.3 Å². The number of rotatable bonds is 5. The van der Waals surface area contributed by atoms with Crippen LogP contribution in [-0.4, -0.2) is 29.2 Å². The van der Waals surface area contributed by atoms with Gasteiger partial charge in [-0.25, -0.2) is 0 Å². The van der Waals surface area contributed by atoms with Gasteiger partial charge in [0.2, 0.25) is 11.8 Å². The van der Waals surface area contributed by atoms with E-state index in [4.69, 9.17) is 0 Å². The van der Waals surface area contributed by atoms with Crippen LogP contribution in [0.4, 0.5) is 0 Å². The number of carbonyl (C=O) groups excluding carboxylic acids is 3. The Bertz CT molecular complexity index is 608. The molecule has 22 heavy (non-hydrogen) atoms. The normalized spacial score (nSPS) is 17.9. The van der Waals surface area contributed by atoms with Crippen LogP contribution in [0.2, 0.25) is 0 Å². The zero-order valence-corrected chi connectivity index (χ0v) is 12.8. The molecule has 0 saturated carbocycles. The SMILES string of the molecule is CCNC(=O)C(C)/C=C1\CC(=O)N(Cc2ccccc2)C1=O. The van der Waals surface area contributed by atoms with E-state index >= 15 is 0 Å². The summed E-state index contributed by atoms with van der Waals surface area (Å²) in [6, 6.07) is 9.37. The first-order chi connectivity index (χ1) is 10.5. The third kappa shape index (κ3) is 3.61. The van der Waals surface area contributed by atoms with Gasteiger partial charge < -0.3 is 5.32 Å². The second-order valence-corrected chi connectivity index (χ2v) is 5.32. The molecule has 1 N–H and O–H groups in total. The van der Waals surface area contributed by atoms with Crippen molar-refractivity contribution in [1.82, 2.24) is 10.2 Å². The number of likely N-dealkylation sites (tertiary alicyclic amines) is 1. The van der Waals surface area contributed by atoms with Gasteiger partial charge in [0.1, 0.15) is 0 Å². The summed E-state index contributed by atoms with van der Waals surface area (Å²) in [6.45, 7) is 4.37. The number of nitrogens with one attached hydrogen (secondary N) is 1. The Hall–Kier alpha value is -2.43. The summed E-state index contributed by atoms with van der Waals surface area (Å²) in [5.41, 5.74) is 1.31. The Balaban J connectivity index is 2.10. The standard InChI is InChI=1S/C17H20N2O3/c1-3-18-16(21)12(2)9-14-10-15(20)19(17(14)22)11-13-7-5-4-6-8-13/h4-9,12H,3,10-11H2,1-2H3,(H,18,21)/b14-9+. The Morgan fingerprint density at radius 2 is 2.00 bits per heavy atom. The first kappa shape index (κ1) is 15.9. The average molecular weight is 300 g/mol. The molecule has 3 amide bonds. The summed E-state index contributed by atoms with van der Waals surface area (Å²) >= 11 is 0. The van der Waals surface area contributed by atoms with E-state index in [1.165, 1.54) is 4.90 Å². The fraction of sp³-hybridized carbons (Fsp3) is 0.353. The molecule has 5 heteroatoms. The molecule has 1 aliphatic rings. The van der Waals surface area contributed by atoms with E-state index in [0.717, 1.165) is 5.56 Å². The fourth-order valence-electron chi connectivity index (χ4n) is 2.39. The summed E-state index contributed by atoms with van der Waals surface area (Å²) in [4.78, 5) is 37.3. The van der Waals surface area contributed by atoms with Gasteiger partial charge in [-0.1, -0.05) is 43.3 Å². The lowest BCUT2D eigenvalue weighted by atomic mass is 10.1. The fourth-order valence-corrected chi connectivity index (χ4v) is 2.39. The smallest absolute Gasteiger partial charge is 0.256 e. The molecule has 5 nitrogen and oxygen atoms in total. The molecule has 1 unspecified atom stereocenters. The number of hydrogen-bond donors (Lipinski definition) is 1. The number of benzene rings is 1. The van der Waals surface area contributed by atoms with Crippen molar-refractivity contribution < 1.29 is 14.4 Å². The molecule has 0 spiro atoms. The summed E-state index contributed by atoms with van der Waals surface area (Å²) in [5, 5.41) is 2.70. The van der Waals surface area contributed by atoms with Gasteiger partial charge in [0.15, 0.2) is 0 Å². The van der Waals surface area contributed by atoms with Crippen molar-refractivity contribution in [3.63, 3.8) is 0 Å². The number of nitrogens with zero attached hydrogens (tertiary/aromatic N) is 1. The van der Waals surface area contributed by atoms with Gasteiger partial charge in [-0.05, 0) is 12.5 Å². The molecular weight excluding hydrogens is 280 g/mol. The van der Waals surface area contributed by atoms with Gasteiger partial charge in [-0.2, -0.15) is 0 Å². The third-order valence-corrected chi connectivity index (χ3v) is 3.56. The molecular formula is C17H20N2O3. The summed E-state index contributed by atoms with van der Waals surface area (Å²) in [7, 11) is 0. The molecule has 1 saturated heterocycles. The number of carbonyl (C=O) groups is 3. The predicted molar refractivity (Wildman–Crippen MR) is 82.5 cm³/mol. The minimum absolute atomic E-state index is 0.0649. The van der Waals surface area contributed by atoms with Crippen molar-refractivity contribution in [2.24, 2.45) is 5.92 Å². The van der Waals surface area contributed by atoms with Crippen molar-refractivity contribution in [1.29, 1.82) is 0 Å². The van der Waals surface area contributed by atoms with Crippen molar-refractivity contribution >= 4 is 17.7 Å². The second-order valence-electron chi connectivity index (χ2n) is 5.32. The lowest BCUT2D eigenvalue weighted by molar-refractivity contribution is -0.138. The lowest BCUT2D eigenvalue weighted by Gasteiger charge is -2.13. The van der Waals surface area contributed by atoms with E-state index in [1.807, 2.05) is 37.3 Å². The van der Waals surface area contributed by atoms with Crippen LogP contribution in [0, 0.1) is 5.92 Å². The van der Waals surface area contributed by atoms with E-state index < -0.39 is 5.92 Å². The molecule has 1 fully saturated rings. The van der Waals surface area contributed by atoms with Crippen LogP contribution in [0.1, 0.15) is 25.8 Å². The highest BCUT2D eigenvalue weighted by molar-refractivity contribution is 6.13. The molecule has 0 bridgehead atoms. The highest BCUT2D eigenvalue weighted by Gasteiger charge is 2.34. The quantitative estimate of drug-likeness (QED) is 0.664. The maximum atomic E-state index is 12.3. The third-order valence-electron chi connectivity index (χ3n) is 3.56. The Kier molecular flexibility index (Phi) is 5.09. The highest BCUT2D eigenvalue weighted by Crippen LogP contribution is 2.22. The van der Waals surface area contributed by atoms with Gasteiger partial charge in [-0.15, -0.1) is 0 Å². The Morgan fingerprint density at radius 3 is 2.64 bits per heavy atom. The number of hydrogen-bond acceptors (Lipinski definition) is 3. The van der Waals surface area contributed by atoms with Crippen LogP contribution in [0.3, 0.4) is 0 Å². The van der Waals surface area contributed by atoms with E-state index in [-0.39, 0.29) is 30.7 Å². The molecule has 1 heterocycles. The lowest BCUT2D eigenvalue weighted by Crippen LogP contribution is -2.29. The molecule has 1 aromatic carbocycles. The molecule has 1 aliphatic heterocycles. The molecule has 1 aromatic rings. The van der Waals surface area contributed by atoms with Crippen molar-refractivity contribution in [3.8, 4) is 0 Å². The van der Waals surface area contributed by atoms with Crippen molar-refractivity contribution in [2.45, 2.75) is 26.8 Å². The van der Waals surface area contributed by atoms with Crippen molar-refractivity contribution in [3.05, 3.63) is 47.5 Å². The minimum Gasteiger partial charge on any atom is -0.356 e. The summed E-state index contributed by atoms with van der Waals surface area (Å²) in [5.74, 6) is -1.09. The average Bonchev–Trinajstić information content (AvgIpc) is 2.76. The van der Waals surface area contributed by atoms with Crippen LogP contribution in [0.15, 0.2) is 42.0 Å². The van der Waals surface area contributed by atoms with Gasteiger partial charge in [0.05, 0.1) is 18.9 Å². The maximum Gasteiger partial charge on any atom is 0.256 e. The topological polar surface area (TPSA) is 66.5 Å². The van der Waals surface area contributed by atoms with Crippen LogP contribution < -0.4 is 5.32 Å². The van der Waals surface area contributed by atoms with E-state index in [9.17, 15) is 14.4 Å². The largest absolute Gasteiger partial charge is 0.356 e. The Labute approximate surface area is 130 Å². The predicted octanol–water partition coefficient (Wildman–Crippen LogP) is 1.64. The van der Waals surface area contributed by atoms with E-state index in [2.05, 4.69) is 5.32 Å². The van der Waals surface area contributed by atoms with Gasteiger partial charge >= 0.3 is 0 Å². The zero-order valence-electron chi connectivity index (χ0n) is 12.8. The molecule has 2 rings (SSSR count). The van der Waals surface area contributed by atoms with Crippen LogP contribution >= 0.6 is 0 Å². The summed E-state index contributed by atoms with van der Waals surface area (Å²) in [6.07, 6.45) is 1.66. The maximum absolute atomic E-state index is 12.3. The van der Waals surface area contributed by atoms with Gasteiger partial charge in [0, 0.05) is 12.1 Å². The Morgan fingerprint density at radius 1 is 1.32 bits per heavy atom. The zero-order chi connectivity index (χ0) is 16.1. The minimum atomic E-state index is -0.427. The first-order valence-corrected chi connectivity index (χ1v) is 7.40. The van der Waals surface area contributed by atoms with E-state index in [0.29, 0.717) is 12.1 Å². The molecule has 0 radical (unpaired) electrons. The van der Waals surface area contributed by atoms with Gasteiger partial charge in [0.25, 0.3) is 5.91 Å². The van der Waals surface area contributed by atoms with Crippen LogP contribution in [0.5, 0.6) is 0 Å². The first-order valence-electron chi connectivity index (χ1n) is 7.40. The number of amides is 3.